The van der Waals surface area contributed by atoms with Crippen molar-refractivity contribution in [3.05, 3.63) is 16.7 Å². The van der Waals surface area contributed by atoms with Crippen LogP contribution in [-0.4, -0.2) is 25.9 Å². The van der Waals surface area contributed by atoms with Crippen LogP contribution < -0.4 is 19.9 Å². The van der Waals surface area contributed by atoms with Gasteiger partial charge in [-0.3, -0.25) is 0 Å². The van der Waals surface area contributed by atoms with Crippen LogP contribution in [0.5, 0.6) is 17.2 Å². The Morgan fingerprint density at radius 2 is 2.06 bits per heavy atom. The molecule has 0 fully saturated rings. The van der Waals surface area contributed by atoms with E-state index in [4.69, 9.17) is 31.5 Å². The largest absolute Gasteiger partial charge is 0.495 e. The first-order valence-electron chi connectivity index (χ1n) is 5.86. The lowest BCUT2D eigenvalue weighted by Crippen LogP contribution is -2.35. The second kappa shape index (κ2) is 4.86. The molecule has 0 bridgehead atoms. The summed E-state index contributed by atoms with van der Waals surface area (Å²) in [4.78, 5) is 0. The number of benzene rings is 1. The second-order valence-corrected chi connectivity index (χ2v) is 5.47. The first-order chi connectivity index (χ1) is 8.42. The van der Waals surface area contributed by atoms with Crippen LogP contribution in [0, 0.1) is 0 Å². The van der Waals surface area contributed by atoms with E-state index in [-0.39, 0.29) is 5.54 Å². The molecular weight excluding hydrogens is 254 g/mol. The fraction of sp³-hybridized carbons (Fsp3) is 0.538. The molecule has 1 heterocycles. The van der Waals surface area contributed by atoms with Crippen LogP contribution in [0.2, 0.25) is 5.02 Å². The van der Waals surface area contributed by atoms with Gasteiger partial charge in [0.05, 0.1) is 12.1 Å². The third kappa shape index (κ3) is 2.65. The van der Waals surface area contributed by atoms with Crippen LogP contribution in [0.25, 0.3) is 0 Å². The Balaban J connectivity index is 2.54. The first-order valence-corrected chi connectivity index (χ1v) is 6.24. The summed E-state index contributed by atoms with van der Waals surface area (Å²) in [5, 5.41) is 0.515. The van der Waals surface area contributed by atoms with Crippen LogP contribution in [0.4, 0.5) is 0 Å². The molecule has 2 N–H and O–H groups in total. The number of halogens is 1. The second-order valence-electron chi connectivity index (χ2n) is 5.06. The van der Waals surface area contributed by atoms with E-state index >= 15 is 0 Å². The van der Waals surface area contributed by atoms with Crippen molar-refractivity contribution in [3.63, 3.8) is 0 Å². The van der Waals surface area contributed by atoms with E-state index in [2.05, 4.69) is 0 Å². The van der Waals surface area contributed by atoms with Gasteiger partial charge >= 0.3 is 0 Å². The Hall–Kier alpha value is -1.13. The van der Waals surface area contributed by atoms with Gasteiger partial charge in [0, 0.05) is 17.2 Å². The fourth-order valence-electron chi connectivity index (χ4n) is 2.04. The lowest BCUT2D eigenvalue weighted by molar-refractivity contribution is 0.168. The van der Waals surface area contributed by atoms with E-state index in [1.54, 1.807) is 13.2 Å². The van der Waals surface area contributed by atoms with Gasteiger partial charge < -0.3 is 19.9 Å². The highest BCUT2D eigenvalue weighted by Gasteiger charge is 2.26. The number of methoxy groups -OCH3 is 1. The van der Waals surface area contributed by atoms with Gasteiger partial charge in [-0.05, 0) is 20.3 Å². The molecule has 0 saturated carbocycles. The molecule has 100 valence electrons. The van der Waals surface area contributed by atoms with E-state index in [1.165, 1.54) is 0 Å². The summed E-state index contributed by atoms with van der Waals surface area (Å²) in [6.45, 7) is 4.95. The molecule has 0 unspecified atom stereocenters. The molecule has 0 amide bonds. The molecule has 0 radical (unpaired) electrons. The number of hydrogen-bond acceptors (Lipinski definition) is 4. The molecular formula is C13H18ClNO3. The third-order valence-electron chi connectivity index (χ3n) is 2.67. The molecule has 18 heavy (non-hydrogen) atoms. The van der Waals surface area contributed by atoms with E-state index in [1.807, 2.05) is 13.8 Å². The SMILES string of the molecule is COc1c(Cl)cc2c(c1CC(C)(C)N)OCCO2. The predicted octanol–water partition coefficient (Wildman–Crippen LogP) is 2.40. The van der Waals surface area contributed by atoms with E-state index in [0.29, 0.717) is 41.9 Å². The highest BCUT2D eigenvalue weighted by Crippen LogP contribution is 2.45. The van der Waals surface area contributed by atoms with E-state index in [9.17, 15) is 0 Å². The van der Waals surface area contributed by atoms with E-state index in [0.717, 1.165) is 5.56 Å². The minimum absolute atomic E-state index is 0.382. The van der Waals surface area contributed by atoms with Crippen LogP contribution in [0.3, 0.4) is 0 Å². The molecule has 5 heteroatoms. The number of rotatable bonds is 3. The Bertz CT molecular complexity index is 455. The van der Waals surface area contributed by atoms with Crippen molar-refractivity contribution in [2.75, 3.05) is 20.3 Å². The van der Waals surface area contributed by atoms with Gasteiger partial charge in [0.1, 0.15) is 19.0 Å². The predicted molar refractivity (Wildman–Crippen MR) is 71.0 cm³/mol. The normalized spacial score (nSPS) is 14.5. The minimum Gasteiger partial charge on any atom is -0.495 e. The van der Waals surface area contributed by atoms with E-state index < -0.39 is 0 Å². The fourth-order valence-corrected chi connectivity index (χ4v) is 2.33. The topological polar surface area (TPSA) is 53.7 Å². The molecule has 0 spiro atoms. The Labute approximate surface area is 112 Å². The van der Waals surface area contributed by atoms with Gasteiger partial charge in [-0.25, -0.2) is 0 Å². The Morgan fingerprint density at radius 1 is 1.39 bits per heavy atom. The molecule has 1 aromatic carbocycles. The van der Waals surface area contributed by atoms with Crippen molar-refractivity contribution in [3.8, 4) is 17.2 Å². The van der Waals surface area contributed by atoms with Gasteiger partial charge in [0.25, 0.3) is 0 Å². The summed E-state index contributed by atoms with van der Waals surface area (Å²) in [5.74, 6) is 1.96. The third-order valence-corrected chi connectivity index (χ3v) is 2.95. The highest BCUT2D eigenvalue weighted by molar-refractivity contribution is 6.32. The molecule has 0 aliphatic carbocycles. The van der Waals surface area contributed by atoms with Crippen molar-refractivity contribution in [1.82, 2.24) is 0 Å². The smallest absolute Gasteiger partial charge is 0.168 e. The quantitative estimate of drug-likeness (QED) is 0.917. The zero-order valence-corrected chi connectivity index (χ0v) is 11.6. The van der Waals surface area contributed by atoms with Crippen molar-refractivity contribution < 1.29 is 14.2 Å². The van der Waals surface area contributed by atoms with Crippen LogP contribution >= 0.6 is 11.6 Å². The minimum atomic E-state index is -0.382. The van der Waals surface area contributed by atoms with Crippen LogP contribution in [0.15, 0.2) is 6.07 Å². The molecule has 0 saturated heterocycles. The summed E-state index contributed by atoms with van der Waals surface area (Å²) in [7, 11) is 1.59. The lowest BCUT2D eigenvalue weighted by atomic mass is 9.94. The maximum atomic E-state index is 6.19. The first kappa shape index (κ1) is 13.3. The molecule has 0 atom stereocenters. The maximum absolute atomic E-state index is 6.19. The maximum Gasteiger partial charge on any atom is 0.168 e. The Kier molecular flexibility index (Phi) is 3.59. The van der Waals surface area contributed by atoms with Crippen LogP contribution in [-0.2, 0) is 6.42 Å². The zero-order valence-electron chi connectivity index (χ0n) is 10.9. The van der Waals surface area contributed by atoms with Gasteiger partial charge in [0.2, 0.25) is 0 Å². The molecule has 0 aromatic heterocycles. The zero-order chi connectivity index (χ0) is 13.3. The number of hydrogen-bond donors (Lipinski definition) is 1. The summed E-state index contributed by atoms with van der Waals surface area (Å²) < 4.78 is 16.6. The summed E-state index contributed by atoms with van der Waals surface area (Å²) >= 11 is 6.19. The number of ether oxygens (including phenoxy) is 3. The van der Waals surface area contributed by atoms with Crippen molar-refractivity contribution in [2.24, 2.45) is 5.73 Å². The van der Waals surface area contributed by atoms with Gasteiger partial charge in [-0.1, -0.05) is 11.6 Å². The van der Waals surface area contributed by atoms with Gasteiger partial charge in [-0.2, -0.15) is 0 Å². The monoisotopic (exact) mass is 271 g/mol. The van der Waals surface area contributed by atoms with Gasteiger partial charge in [0.15, 0.2) is 11.5 Å². The lowest BCUT2D eigenvalue weighted by Gasteiger charge is -2.27. The highest BCUT2D eigenvalue weighted by atomic mass is 35.5. The molecule has 1 aliphatic heterocycles. The number of fused-ring (bicyclic) bond motifs is 1. The molecule has 1 aromatic rings. The molecule has 4 nitrogen and oxygen atoms in total. The van der Waals surface area contributed by atoms with Crippen molar-refractivity contribution in [1.29, 1.82) is 0 Å². The standard InChI is InChI=1S/C13H18ClNO3/c1-13(2,15)7-8-11(16-3)9(14)6-10-12(8)18-5-4-17-10/h6H,4-5,7,15H2,1-3H3. The molecule has 1 aliphatic rings. The average molecular weight is 272 g/mol. The van der Waals surface area contributed by atoms with Crippen molar-refractivity contribution >= 4 is 11.6 Å². The van der Waals surface area contributed by atoms with Gasteiger partial charge in [-0.15, -0.1) is 0 Å². The van der Waals surface area contributed by atoms with Crippen molar-refractivity contribution in [2.45, 2.75) is 25.8 Å². The summed E-state index contributed by atoms with van der Waals surface area (Å²) in [5.41, 5.74) is 6.56. The summed E-state index contributed by atoms with van der Waals surface area (Å²) in [6, 6.07) is 1.72. The number of nitrogens with two attached hydrogens (primary N) is 1. The molecule has 2 rings (SSSR count). The Morgan fingerprint density at radius 3 is 2.67 bits per heavy atom. The summed E-state index contributed by atoms with van der Waals surface area (Å²) in [6.07, 6.45) is 0.600. The average Bonchev–Trinajstić information content (AvgIpc) is 2.27. The van der Waals surface area contributed by atoms with Crippen LogP contribution in [0.1, 0.15) is 19.4 Å².